The fraction of sp³-hybridized carbons (Fsp3) is 0.478. The number of nitrogens with zero attached hydrogens (tertiary/aromatic N) is 4. The summed E-state index contributed by atoms with van der Waals surface area (Å²) in [6.07, 6.45) is 3.40. The van der Waals surface area contributed by atoms with Gasteiger partial charge < -0.3 is 16.0 Å². The van der Waals surface area contributed by atoms with E-state index in [0.29, 0.717) is 35.8 Å². The Labute approximate surface area is 192 Å². The van der Waals surface area contributed by atoms with Crippen molar-refractivity contribution in [2.45, 2.75) is 39.2 Å². The van der Waals surface area contributed by atoms with Gasteiger partial charge in [0.1, 0.15) is 5.56 Å². The number of amides is 2. The van der Waals surface area contributed by atoms with Crippen LogP contribution >= 0.6 is 11.6 Å². The standard InChI is InChI=1S/C23H27ClN6O2/c1-23(2)12-29(13-23)22(32)14-3-8-19(15(9-14)10-25)30-11-18(20(26)31)21(28-30)27-17-6-4-16(24)5-7-17/h4-7,11,14-15,19H,3,8-9,12-13H2,1-2H3,(H2,26,31)(H,27,28)/t14-,15+,19-/m1/s1. The predicted molar refractivity (Wildman–Crippen MR) is 121 cm³/mol. The van der Waals surface area contributed by atoms with Gasteiger partial charge in [0, 0.05) is 35.9 Å². The summed E-state index contributed by atoms with van der Waals surface area (Å²) in [6.45, 7) is 5.83. The van der Waals surface area contributed by atoms with E-state index in [1.54, 1.807) is 35.1 Å². The molecule has 3 N–H and O–H groups in total. The number of nitrogens with one attached hydrogen (secondary N) is 1. The van der Waals surface area contributed by atoms with E-state index in [1.165, 1.54) is 0 Å². The number of nitrogens with two attached hydrogens (primary N) is 1. The van der Waals surface area contributed by atoms with Crippen LogP contribution in [0.25, 0.3) is 0 Å². The minimum Gasteiger partial charge on any atom is -0.365 e. The Morgan fingerprint density at radius 2 is 1.94 bits per heavy atom. The lowest BCUT2D eigenvalue weighted by molar-refractivity contribution is -0.147. The highest BCUT2D eigenvalue weighted by molar-refractivity contribution is 6.30. The van der Waals surface area contributed by atoms with E-state index in [9.17, 15) is 14.9 Å². The second-order valence-electron chi connectivity index (χ2n) is 9.54. The number of benzene rings is 1. The van der Waals surface area contributed by atoms with Crippen LogP contribution in [-0.4, -0.2) is 39.6 Å². The van der Waals surface area contributed by atoms with Gasteiger partial charge in [-0.3, -0.25) is 14.3 Å². The van der Waals surface area contributed by atoms with E-state index in [4.69, 9.17) is 17.3 Å². The van der Waals surface area contributed by atoms with Crippen LogP contribution in [0, 0.1) is 28.6 Å². The quantitative estimate of drug-likeness (QED) is 0.713. The second kappa shape index (κ2) is 8.47. The fourth-order valence-electron chi connectivity index (χ4n) is 4.74. The SMILES string of the molecule is CC1(C)CN(C(=O)[C@@H]2CC[C@@H](n3cc(C(N)=O)c(Nc4ccc(Cl)cc4)n3)[C@H](C#N)C2)C1. The van der Waals surface area contributed by atoms with Crippen LogP contribution in [0.2, 0.25) is 5.02 Å². The third kappa shape index (κ3) is 4.44. The van der Waals surface area contributed by atoms with Crippen molar-refractivity contribution < 1.29 is 9.59 Å². The highest BCUT2D eigenvalue weighted by atomic mass is 35.5. The molecule has 1 saturated heterocycles. The average Bonchev–Trinajstić information content (AvgIpc) is 3.16. The van der Waals surface area contributed by atoms with Gasteiger partial charge >= 0.3 is 0 Å². The molecule has 2 aliphatic rings. The zero-order valence-electron chi connectivity index (χ0n) is 18.2. The number of rotatable bonds is 5. The van der Waals surface area contributed by atoms with Crippen molar-refractivity contribution in [3.8, 4) is 6.07 Å². The lowest BCUT2D eigenvalue weighted by atomic mass is 9.76. The number of anilines is 2. The van der Waals surface area contributed by atoms with E-state index in [-0.39, 0.29) is 34.8 Å². The highest BCUT2D eigenvalue weighted by Gasteiger charge is 2.43. The Kier molecular flexibility index (Phi) is 5.87. The summed E-state index contributed by atoms with van der Waals surface area (Å²) in [5.74, 6) is -0.657. The molecule has 168 valence electrons. The molecule has 1 aromatic heterocycles. The molecule has 2 fully saturated rings. The summed E-state index contributed by atoms with van der Waals surface area (Å²) in [5.41, 5.74) is 6.71. The second-order valence-corrected chi connectivity index (χ2v) is 9.98. The first-order valence-corrected chi connectivity index (χ1v) is 11.1. The van der Waals surface area contributed by atoms with E-state index >= 15 is 0 Å². The number of hydrogen-bond donors (Lipinski definition) is 2. The van der Waals surface area contributed by atoms with Crippen molar-refractivity contribution in [2.75, 3.05) is 18.4 Å². The van der Waals surface area contributed by atoms with E-state index < -0.39 is 5.91 Å². The van der Waals surface area contributed by atoms with Gasteiger partial charge in [-0.05, 0) is 48.9 Å². The summed E-state index contributed by atoms with van der Waals surface area (Å²) < 4.78 is 1.65. The molecule has 3 atom stereocenters. The summed E-state index contributed by atoms with van der Waals surface area (Å²) in [5, 5.41) is 18.1. The number of carbonyl (C=O) groups is 2. The van der Waals surface area contributed by atoms with Crippen molar-refractivity contribution in [2.24, 2.45) is 23.0 Å². The maximum Gasteiger partial charge on any atom is 0.254 e. The van der Waals surface area contributed by atoms with Gasteiger partial charge in [0.05, 0.1) is 18.0 Å². The van der Waals surface area contributed by atoms with Crippen LogP contribution < -0.4 is 11.1 Å². The monoisotopic (exact) mass is 454 g/mol. The van der Waals surface area contributed by atoms with Crippen LogP contribution in [-0.2, 0) is 4.79 Å². The lowest BCUT2D eigenvalue weighted by Gasteiger charge is -2.48. The number of halogens is 1. The maximum atomic E-state index is 12.9. The Bertz CT molecular complexity index is 1060. The zero-order valence-corrected chi connectivity index (χ0v) is 19.0. The minimum absolute atomic E-state index is 0.145. The summed E-state index contributed by atoms with van der Waals surface area (Å²) in [6, 6.07) is 9.15. The largest absolute Gasteiger partial charge is 0.365 e. The molecular weight excluding hydrogens is 428 g/mol. The molecule has 0 unspecified atom stereocenters. The molecule has 2 amide bonds. The molecule has 8 nitrogen and oxygen atoms in total. The first-order chi connectivity index (χ1) is 15.2. The smallest absolute Gasteiger partial charge is 0.254 e. The van der Waals surface area contributed by atoms with Crippen molar-refractivity contribution in [3.63, 3.8) is 0 Å². The average molecular weight is 455 g/mol. The fourth-order valence-corrected chi connectivity index (χ4v) is 4.87. The van der Waals surface area contributed by atoms with Gasteiger partial charge in [-0.1, -0.05) is 25.4 Å². The van der Waals surface area contributed by atoms with Crippen molar-refractivity contribution >= 4 is 34.9 Å². The lowest BCUT2D eigenvalue weighted by Crippen LogP contribution is -2.57. The number of aromatic nitrogens is 2. The van der Waals surface area contributed by atoms with Crippen LogP contribution in [0.5, 0.6) is 0 Å². The number of primary amides is 1. The third-order valence-electron chi connectivity index (χ3n) is 6.32. The molecule has 0 spiro atoms. The summed E-state index contributed by atoms with van der Waals surface area (Å²) in [7, 11) is 0. The summed E-state index contributed by atoms with van der Waals surface area (Å²) in [4.78, 5) is 26.8. The molecule has 2 heterocycles. The predicted octanol–water partition coefficient (Wildman–Crippen LogP) is 3.73. The molecule has 0 bridgehead atoms. The molecule has 4 rings (SSSR count). The molecule has 1 aromatic carbocycles. The van der Waals surface area contributed by atoms with Gasteiger partial charge in [0.25, 0.3) is 5.91 Å². The molecule has 1 saturated carbocycles. The highest BCUT2D eigenvalue weighted by Crippen LogP contribution is 2.40. The van der Waals surface area contributed by atoms with Crippen LogP contribution in [0.1, 0.15) is 49.5 Å². The molecule has 9 heteroatoms. The van der Waals surface area contributed by atoms with Gasteiger partial charge in [-0.15, -0.1) is 0 Å². The first-order valence-electron chi connectivity index (χ1n) is 10.8. The van der Waals surface area contributed by atoms with Crippen molar-refractivity contribution in [1.82, 2.24) is 14.7 Å². The van der Waals surface area contributed by atoms with Crippen molar-refractivity contribution in [3.05, 3.63) is 41.0 Å². The number of hydrogen-bond acceptors (Lipinski definition) is 5. The maximum absolute atomic E-state index is 12.9. The molecular formula is C23H27ClN6O2. The number of likely N-dealkylation sites (tertiary alicyclic amines) is 1. The molecule has 1 aliphatic carbocycles. The van der Waals surface area contributed by atoms with Crippen LogP contribution in [0.4, 0.5) is 11.5 Å². The number of carbonyl (C=O) groups excluding carboxylic acids is 2. The third-order valence-corrected chi connectivity index (χ3v) is 6.57. The van der Waals surface area contributed by atoms with Crippen molar-refractivity contribution in [1.29, 1.82) is 5.26 Å². The van der Waals surface area contributed by atoms with Crippen LogP contribution in [0.3, 0.4) is 0 Å². The van der Waals surface area contributed by atoms with E-state index in [1.807, 2.05) is 4.90 Å². The van der Waals surface area contributed by atoms with Gasteiger partial charge in [-0.25, -0.2) is 0 Å². The molecule has 1 aliphatic heterocycles. The first kappa shape index (κ1) is 22.2. The minimum atomic E-state index is -0.606. The van der Waals surface area contributed by atoms with Gasteiger partial charge in [0.15, 0.2) is 5.82 Å². The van der Waals surface area contributed by atoms with Crippen LogP contribution in [0.15, 0.2) is 30.5 Å². The van der Waals surface area contributed by atoms with Gasteiger partial charge in [-0.2, -0.15) is 10.4 Å². The van der Waals surface area contributed by atoms with E-state index in [2.05, 4.69) is 30.3 Å². The normalized spacial score (nSPS) is 24.3. The molecule has 0 radical (unpaired) electrons. The van der Waals surface area contributed by atoms with Gasteiger partial charge in [0.2, 0.25) is 5.91 Å². The molecule has 2 aromatic rings. The number of nitriles is 1. The Morgan fingerprint density at radius 1 is 1.25 bits per heavy atom. The topological polar surface area (TPSA) is 117 Å². The Balaban J connectivity index is 1.50. The summed E-state index contributed by atoms with van der Waals surface area (Å²) >= 11 is 5.94. The zero-order chi connectivity index (χ0) is 23.0. The Hall–Kier alpha value is -3.05. The Morgan fingerprint density at radius 3 is 2.53 bits per heavy atom. The van der Waals surface area contributed by atoms with E-state index in [0.717, 1.165) is 13.1 Å². The molecule has 32 heavy (non-hydrogen) atoms.